The fraction of sp³-hybridized carbons (Fsp3) is 0.765. The number of hydrogen-bond acceptors (Lipinski definition) is 10. The van der Waals surface area contributed by atoms with Crippen LogP contribution in [0.4, 0.5) is 21.0 Å². The fourth-order valence-corrected chi connectivity index (χ4v) is 8.15. The van der Waals surface area contributed by atoms with Crippen LogP contribution in [0.15, 0.2) is 12.1 Å². The molecule has 1 aromatic rings. The number of benzene rings is 1. The molecule has 0 aliphatic carbocycles. The van der Waals surface area contributed by atoms with Gasteiger partial charge in [-0.2, -0.15) is 0 Å². The number of carbonyl (C=O) groups excluding carboxylic acids is 6. The fourth-order valence-electron chi connectivity index (χ4n) is 7.82. The van der Waals surface area contributed by atoms with Crippen molar-refractivity contribution in [2.45, 2.75) is 191 Å². The molecule has 67 heavy (non-hydrogen) atoms. The highest BCUT2D eigenvalue weighted by Gasteiger charge is 2.45. The number of ether oxygens (including phenoxy) is 4. The van der Waals surface area contributed by atoms with Crippen LogP contribution in [0.1, 0.15) is 161 Å². The number of anilines is 2. The quantitative estimate of drug-likeness (QED) is 0.0395. The van der Waals surface area contributed by atoms with E-state index in [-0.39, 0.29) is 26.2 Å². The molecule has 6 atom stereocenters. The molecule has 0 saturated heterocycles. The molecular weight excluding hydrogens is 899 g/mol. The van der Waals surface area contributed by atoms with Crippen LogP contribution in [0.3, 0.4) is 0 Å². The lowest BCUT2D eigenvalue weighted by Crippen LogP contribution is -2.44. The van der Waals surface area contributed by atoms with Gasteiger partial charge in [-0.25, -0.2) is 9.59 Å². The number of rotatable bonds is 26. The minimum Gasteiger partial charge on any atom is -0.466 e. The predicted molar refractivity (Wildman–Crippen MR) is 269 cm³/mol. The van der Waals surface area contributed by atoms with Crippen molar-refractivity contribution < 1.29 is 47.7 Å². The van der Waals surface area contributed by atoms with E-state index < -0.39 is 97.9 Å². The van der Waals surface area contributed by atoms with E-state index in [1.807, 2.05) is 75.3 Å². The van der Waals surface area contributed by atoms with Gasteiger partial charge in [0.05, 0.1) is 52.1 Å². The van der Waals surface area contributed by atoms with E-state index in [4.69, 9.17) is 42.1 Å². The second kappa shape index (κ2) is 25.7. The highest BCUT2D eigenvalue weighted by Crippen LogP contribution is 2.43. The van der Waals surface area contributed by atoms with Crippen molar-refractivity contribution in [1.29, 1.82) is 0 Å². The summed E-state index contributed by atoms with van der Waals surface area (Å²) in [5.74, 6) is -3.99. The number of carbonyl (C=O) groups is 6. The van der Waals surface area contributed by atoms with Gasteiger partial charge in [0.15, 0.2) is 0 Å². The van der Waals surface area contributed by atoms with Gasteiger partial charge in [-0.3, -0.25) is 19.2 Å². The van der Waals surface area contributed by atoms with E-state index in [0.29, 0.717) is 43.0 Å². The molecule has 0 saturated carbocycles. The number of nitrogens with one attached hydrogen (secondary N) is 4. The zero-order valence-corrected chi connectivity index (χ0v) is 45.7. The number of halogens is 2. The van der Waals surface area contributed by atoms with Crippen LogP contribution >= 0.6 is 23.2 Å². The molecule has 1 rings (SSSR count). The average molecular weight is 986 g/mol. The Hall–Kier alpha value is -3.78. The van der Waals surface area contributed by atoms with Crippen molar-refractivity contribution in [3.8, 4) is 0 Å². The molecule has 0 aliphatic heterocycles. The SMILES string of the molecule is CCOC(=O)C(CC(C)(C)C(C)C(=O)OCC(CC)NC(=O)Nc1cc(NC(=O)NC(CC)COC(=O)C(C)C(C)(C)CC(C(=O)OC(C)(C)CC(C)C)C(C)(C)Cl)c(C)cc1C)C(C)(C)Cl. The molecule has 4 N–H and O–H groups in total. The monoisotopic (exact) mass is 985 g/mol. The molecule has 0 spiro atoms. The third kappa shape index (κ3) is 20.4. The van der Waals surface area contributed by atoms with Crippen molar-refractivity contribution in [3.05, 3.63) is 23.3 Å². The number of urea groups is 2. The van der Waals surface area contributed by atoms with Gasteiger partial charge in [-0.05, 0) is 128 Å². The maximum absolute atomic E-state index is 13.5. The maximum atomic E-state index is 13.5. The molecule has 0 radical (unpaired) electrons. The molecule has 0 aromatic heterocycles. The summed E-state index contributed by atoms with van der Waals surface area (Å²) in [5.41, 5.74) is 0.350. The van der Waals surface area contributed by atoms with Crippen LogP contribution in [0.25, 0.3) is 0 Å². The van der Waals surface area contributed by atoms with E-state index in [1.54, 1.807) is 54.5 Å². The van der Waals surface area contributed by atoms with Crippen LogP contribution < -0.4 is 21.3 Å². The summed E-state index contributed by atoms with van der Waals surface area (Å²) in [5, 5.41) is 11.4. The minimum atomic E-state index is -0.937. The van der Waals surface area contributed by atoms with Gasteiger partial charge in [0.25, 0.3) is 0 Å². The molecule has 14 nitrogen and oxygen atoms in total. The highest BCUT2D eigenvalue weighted by molar-refractivity contribution is 6.25. The van der Waals surface area contributed by atoms with Crippen molar-refractivity contribution in [2.75, 3.05) is 30.5 Å². The second-order valence-electron chi connectivity index (χ2n) is 21.7. The third-order valence-corrected chi connectivity index (χ3v) is 13.4. The van der Waals surface area contributed by atoms with Crippen molar-refractivity contribution in [2.24, 2.45) is 40.4 Å². The van der Waals surface area contributed by atoms with Gasteiger partial charge < -0.3 is 40.2 Å². The Morgan fingerprint density at radius 1 is 0.552 bits per heavy atom. The zero-order valence-electron chi connectivity index (χ0n) is 44.2. The largest absolute Gasteiger partial charge is 0.466 e. The number of aryl methyl sites for hydroxylation is 2. The van der Waals surface area contributed by atoms with Crippen molar-refractivity contribution in [1.82, 2.24) is 10.6 Å². The molecule has 384 valence electrons. The Balaban J connectivity index is 2.94. The summed E-state index contributed by atoms with van der Waals surface area (Å²) in [4.78, 5) is 77.8. The van der Waals surface area contributed by atoms with Gasteiger partial charge in [-0.15, -0.1) is 23.2 Å². The Morgan fingerprint density at radius 3 is 1.25 bits per heavy atom. The number of hydrogen-bond donors (Lipinski definition) is 4. The highest BCUT2D eigenvalue weighted by atomic mass is 35.5. The standard InChI is InChI=1S/C51H86Cl2N4O10/c1-20-35(28-65-41(58)33(8)47(10,11)26-37(50(16,17)52)43(60)64-22-3)54-45(62)56-39-24-40(32(7)23-31(39)6)57-46(63)55-36(21-2)29-66-42(59)34(9)48(12,13)27-38(51(18,19)53)44(61)67-49(14,15)25-30(4)5/h23-24,30,33-38H,20-22,25-29H2,1-19H3,(H2,54,56,62)(H2,55,57,63). The summed E-state index contributed by atoms with van der Waals surface area (Å²) in [6, 6.07) is 1.39. The number of amides is 4. The first-order valence-electron chi connectivity index (χ1n) is 23.9. The normalized spacial score (nSPS) is 15.3. The van der Waals surface area contributed by atoms with E-state index in [2.05, 4.69) is 35.1 Å². The third-order valence-electron chi connectivity index (χ3n) is 12.9. The van der Waals surface area contributed by atoms with Gasteiger partial charge in [0.2, 0.25) is 0 Å². The topological polar surface area (TPSA) is 187 Å². The molecule has 0 bridgehead atoms. The van der Waals surface area contributed by atoms with Crippen LogP contribution in [0.2, 0.25) is 0 Å². The predicted octanol–water partition coefficient (Wildman–Crippen LogP) is 11.5. The molecule has 16 heteroatoms. The number of alkyl halides is 2. The Kier molecular flexibility index (Phi) is 23.5. The maximum Gasteiger partial charge on any atom is 0.319 e. The first kappa shape index (κ1) is 61.2. The molecule has 1 aromatic carbocycles. The van der Waals surface area contributed by atoms with E-state index in [0.717, 1.165) is 11.1 Å². The molecule has 6 unspecified atom stereocenters. The van der Waals surface area contributed by atoms with Crippen LogP contribution in [0.5, 0.6) is 0 Å². The van der Waals surface area contributed by atoms with Gasteiger partial charge in [-0.1, -0.05) is 75.3 Å². The molecule has 0 fully saturated rings. The molecule has 0 heterocycles. The first-order valence-corrected chi connectivity index (χ1v) is 24.6. The van der Waals surface area contributed by atoms with Crippen molar-refractivity contribution >= 4 is 70.5 Å². The lowest BCUT2D eigenvalue weighted by molar-refractivity contribution is -0.167. The summed E-state index contributed by atoms with van der Waals surface area (Å²) in [7, 11) is 0. The average Bonchev–Trinajstić information content (AvgIpc) is 3.18. The summed E-state index contributed by atoms with van der Waals surface area (Å²) in [6.45, 7) is 35.2. The van der Waals surface area contributed by atoms with E-state index >= 15 is 0 Å². The summed E-state index contributed by atoms with van der Waals surface area (Å²) >= 11 is 13.4. The van der Waals surface area contributed by atoms with Gasteiger partial charge in [0, 0.05) is 11.4 Å². The van der Waals surface area contributed by atoms with Crippen LogP contribution in [0, 0.1) is 54.3 Å². The van der Waals surface area contributed by atoms with E-state index in [9.17, 15) is 28.8 Å². The smallest absolute Gasteiger partial charge is 0.319 e. The minimum absolute atomic E-state index is 0.0729. The first-order chi connectivity index (χ1) is 30.5. The van der Waals surface area contributed by atoms with E-state index in [1.165, 1.54) is 0 Å². The summed E-state index contributed by atoms with van der Waals surface area (Å²) in [6.07, 6.45) is 2.20. The Bertz CT molecular complexity index is 1840. The Labute approximate surface area is 412 Å². The Morgan fingerprint density at radius 2 is 0.925 bits per heavy atom. The van der Waals surface area contributed by atoms with Gasteiger partial charge >= 0.3 is 35.9 Å². The lowest BCUT2D eigenvalue weighted by atomic mass is 9.71. The second-order valence-corrected chi connectivity index (χ2v) is 23.7. The number of esters is 4. The van der Waals surface area contributed by atoms with Crippen LogP contribution in [-0.4, -0.2) is 83.2 Å². The zero-order chi connectivity index (χ0) is 52.0. The van der Waals surface area contributed by atoms with Crippen molar-refractivity contribution in [3.63, 3.8) is 0 Å². The molecule has 0 aliphatic rings. The van der Waals surface area contributed by atoms with Crippen LogP contribution in [-0.2, 0) is 38.1 Å². The summed E-state index contributed by atoms with van der Waals surface area (Å²) < 4.78 is 22.7. The molecular formula is C51H86Cl2N4O10. The van der Waals surface area contributed by atoms with Gasteiger partial charge in [0.1, 0.15) is 18.8 Å². The molecule has 4 amide bonds. The lowest BCUT2D eigenvalue weighted by Gasteiger charge is -2.38.